The van der Waals surface area contributed by atoms with E-state index in [0.717, 1.165) is 19.3 Å². The first-order valence-electron chi connectivity index (χ1n) is 5.92. The predicted octanol–water partition coefficient (Wildman–Crippen LogP) is 3.41. The molecular weight excluding hydrogens is 195 g/mol. The van der Waals surface area contributed by atoms with Crippen molar-refractivity contribution in [3.63, 3.8) is 0 Å². The Morgan fingerprint density at radius 2 is 1.53 bits per heavy atom. The van der Waals surface area contributed by atoms with Gasteiger partial charge in [0.25, 0.3) is 0 Å². The van der Waals surface area contributed by atoms with Gasteiger partial charge in [-0.05, 0) is 43.9 Å². The highest BCUT2D eigenvalue weighted by atomic mass is 19.1. The van der Waals surface area contributed by atoms with Crippen molar-refractivity contribution in [2.45, 2.75) is 52.4 Å². The summed E-state index contributed by atoms with van der Waals surface area (Å²) in [6.45, 7) is 3.74. The van der Waals surface area contributed by atoms with Gasteiger partial charge in [-0.1, -0.05) is 13.8 Å². The summed E-state index contributed by atoms with van der Waals surface area (Å²) in [4.78, 5) is 11.0. The molecular formula is C12H21FO2. The lowest BCUT2D eigenvalue weighted by Gasteiger charge is -2.50. The third-order valence-electron chi connectivity index (χ3n) is 4.14. The van der Waals surface area contributed by atoms with Crippen molar-refractivity contribution in [3.05, 3.63) is 0 Å². The smallest absolute Gasteiger partial charge is 0.309 e. The van der Waals surface area contributed by atoms with E-state index in [9.17, 15) is 9.18 Å². The highest BCUT2D eigenvalue weighted by molar-refractivity contribution is 5.75. The van der Waals surface area contributed by atoms with Crippen molar-refractivity contribution in [2.75, 3.05) is 6.67 Å². The average Bonchev–Trinajstić information content (AvgIpc) is 2.34. The molecule has 0 saturated heterocycles. The van der Waals surface area contributed by atoms with Crippen LogP contribution in [0, 0.1) is 10.8 Å². The molecule has 3 saturated carbocycles. The minimum atomic E-state index is -0.667. The number of alkyl halides is 1. The lowest BCUT2D eigenvalue weighted by molar-refractivity contribution is -0.159. The lowest BCUT2D eigenvalue weighted by atomic mass is 9.54. The molecule has 88 valence electrons. The lowest BCUT2D eigenvalue weighted by Crippen LogP contribution is -2.46. The van der Waals surface area contributed by atoms with Gasteiger partial charge in [-0.25, -0.2) is 0 Å². The fraction of sp³-hybridized carbons (Fsp3) is 0.917. The van der Waals surface area contributed by atoms with Gasteiger partial charge in [-0.15, -0.1) is 0 Å². The second-order valence-electron chi connectivity index (χ2n) is 4.72. The minimum absolute atomic E-state index is 0.142. The number of hydrogen-bond acceptors (Lipinski definition) is 1. The Hall–Kier alpha value is -0.600. The molecule has 0 aliphatic heterocycles. The van der Waals surface area contributed by atoms with E-state index in [1.807, 2.05) is 13.8 Å². The molecule has 0 aromatic heterocycles. The number of aliphatic carboxylic acids is 1. The van der Waals surface area contributed by atoms with E-state index in [1.165, 1.54) is 0 Å². The van der Waals surface area contributed by atoms with Crippen LogP contribution in [0.1, 0.15) is 52.4 Å². The van der Waals surface area contributed by atoms with Crippen LogP contribution in [0.25, 0.3) is 0 Å². The van der Waals surface area contributed by atoms with E-state index >= 15 is 0 Å². The maximum Gasteiger partial charge on any atom is 0.309 e. The first-order chi connectivity index (χ1) is 7.13. The number of halogens is 1. The zero-order chi connectivity index (χ0) is 11.5. The summed E-state index contributed by atoms with van der Waals surface area (Å²) >= 11 is 0. The van der Waals surface area contributed by atoms with Crippen LogP contribution in [-0.4, -0.2) is 17.8 Å². The maximum atomic E-state index is 12.7. The van der Waals surface area contributed by atoms with Crippen molar-refractivity contribution in [3.8, 4) is 0 Å². The van der Waals surface area contributed by atoms with Gasteiger partial charge in [0.2, 0.25) is 0 Å². The third-order valence-corrected chi connectivity index (χ3v) is 4.14. The Kier molecular flexibility index (Phi) is 3.74. The number of carboxylic acid groups (broad SMARTS) is 1. The molecule has 3 aliphatic rings. The molecule has 1 N–H and O–H groups in total. The number of carbonyl (C=O) groups is 1. The van der Waals surface area contributed by atoms with Crippen molar-refractivity contribution in [2.24, 2.45) is 10.8 Å². The van der Waals surface area contributed by atoms with Gasteiger partial charge in [0.15, 0.2) is 0 Å². The molecule has 0 amide bonds. The fourth-order valence-electron chi connectivity index (χ4n) is 2.78. The van der Waals surface area contributed by atoms with Crippen LogP contribution in [0.5, 0.6) is 0 Å². The van der Waals surface area contributed by atoms with E-state index in [1.54, 1.807) is 0 Å². The van der Waals surface area contributed by atoms with Crippen molar-refractivity contribution in [1.29, 1.82) is 0 Å². The molecule has 2 nitrogen and oxygen atoms in total. The standard InChI is InChI=1S/C10H15FO2.C2H6/c11-7-9-1-4-10(5-2-9,6-3-9)8(12)13;1-2/h1-7H2,(H,12,13);1-2H3. The van der Waals surface area contributed by atoms with Gasteiger partial charge in [0.05, 0.1) is 12.1 Å². The third kappa shape index (κ3) is 2.01. The highest BCUT2D eigenvalue weighted by Crippen LogP contribution is 2.56. The summed E-state index contributed by atoms with van der Waals surface area (Å²) < 4.78 is 12.7. The number of rotatable bonds is 2. The van der Waals surface area contributed by atoms with Gasteiger partial charge in [-0.2, -0.15) is 0 Å². The van der Waals surface area contributed by atoms with Crippen molar-refractivity contribution >= 4 is 5.97 Å². The number of hydrogen-bond donors (Lipinski definition) is 1. The van der Waals surface area contributed by atoms with Gasteiger partial charge in [0, 0.05) is 0 Å². The molecule has 0 radical (unpaired) electrons. The van der Waals surface area contributed by atoms with Crippen LogP contribution in [0.3, 0.4) is 0 Å². The van der Waals surface area contributed by atoms with Crippen LogP contribution >= 0.6 is 0 Å². The van der Waals surface area contributed by atoms with E-state index in [-0.39, 0.29) is 12.1 Å². The molecule has 0 aromatic carbocycles. The van der Waals surface area contributed by atoms with Crippen LogP contribution in [0.15, 0.2) is 0 Å². The molecule has 0 unspecified atom stereocenters. The van der Waals surface area contributed by atoms with Crippen molar-refractivity contribution < 1.29 is 14.3 Å². The van der Waals surface area contributed by atoms with Crippen molar-refractivity contribution in [1.82, 2.24) is 0 Å². The monoisotopic (exact) mass is 216 g/mol. The topological polar surface area (TPSA) is 37.3 Å². The minimum Gasteiger partial charge on any atom is -0.481 e. The average molecular weight is 216 g/mol. The Morgan fingerprint density at radius 1 is 1.13 bits per heavy atom. The Labute approximate surface area is 90.9 Å². The second-order valence-corrected chi connectivity index (χ2v) is 4.72. The molecule has 0 aromatic rings. The summed E-state index contributed by atoms with van der Waals surface area (Å²) in [6, 6.07) is 0. The first kappa shape index (κ1) is 12.5. The second kappa shape index (κ2) is 4.50. The largest absolute Gasteiger partial charge is 0.481 e. The number of fused-ring (bicyclic) bond motifs is 3. The SMILES string of the molecule is CC.O=C(O)C12CCC(CF)(CC1)CC2. The molecule has 3 aliphatic carbocycles. The molecule has 3 heteroatoms. The van der Waals surface area contributed by atoms with E-state index in [0.29, 0.717) is 19.3 Å². The maximum absolute atomic E-state index is 12.7. The predicted molar refractivity (Wildman–Crippen MR) is 57.5 cm³/mol. The van der Waals surface area contributed by atoms with Crippen LogP contribution < -0.4 is 0 Å². The van der Waals surface area contributed by atoms with Gasteiger partial charge in [0.1, 0.15) is 0 Å². The van der Waals surface area contributed by atoms with E-state index in [4.69, 9.17) is 5.11 Å². The van der Waals surface area contributed by atoms with E-state index < -0.39 is 11.4 Å². The van der Waals surface area contributed by atoms with Crippen LogP contribution in [-0.2, 0) is 4.79 Å². The van der Waals surface area contributed by atoms with Crippen LogP contribution in [0.2, 0.25) is 0 Å². The molecule has 3 fully saturated rings. The molecule has 0 heterocycles. The Balaban J connectivity index is 0.000000531. The molecule has 3 rings (SSSR count). The van der Waals surface area contributed by atoms with Gasteiger partial charge in [-0.3, -0.25) is 9.18 Å². The Morgan fingerprint density at radius 3 is 1.80 bits per heavy atom. The zero-order valence-corrected chi connectivity index (χ0v) is 9.68. The van der Waals surface area contributed by atoms with E-state index in [2.05, 4.69) is 0 Å². The summed E-state index contributed by atoms with van der Waals surface area (Å²) in [7, 11) is 0. The van der Waals surface area contributed by atoms with Crippen LogP contribution in [0.4, 0.5) is 4.39 Å². The summed E-state index contributed by atoms with van der Waals surface area (Å²) in [5.41, 5.74) is -0.631. The molecule has 0 atom stereocenters. The Bertz CT molecular complexity index is 213. The first-order valence-corrected chi connectivity index (χ1v) is 5.92. The summed E-state index contributed by atoms with van der Waals surface area (Å²) in [6.07, 6.45) is 4.38. The summed E-state index contributed by atoms with van der Waals surface area (Å²) in [5.74, 6) is -0.667. The zero-order valence-electron chi connectivity index (χ0n) is 9.68. The highest BCUT2D eigenvalue weighted by Gasteiger charge is 2.52. The molecule has 15 heavy (non-hydrogen) atoms. The quantitative estimate of drug-likeness (QED) is 0.768. The normalized spacial score (nSPS) is 38.1. The molecule has 2 bridgehead atoms. The fourth-order valence-corrected chi connectivity index (χ4v) is 2.78. The van der Waals surface area contributed by atoms with Gasteiger partial charge >= 0.3 is 5.97 Å². The summed E-state index contributed by atoms with van der Waals surface area (Å²) in [5, 5.41) is 9.08. The molecule has 0 spiro atoms. The van der Waals surface area contributed by atoms with Gasteiger partial charge < -0.3 is 5.11 Å². The number of carboxylic acids is 1.